The molecule has 45 heavy (non-hydrogen) atoms. The van der Waals surface area contributed by atoms with E-state index in [4.69, 9.17) is 10.7 Å². The van der Waals surface area contributed by atoms with Crippen molar-refractivity contribution < 1.29 is 9.59 Å². The van der Waals surface area contributed by atoms with Gasteiger partial charge in [-0.05, 0) is 87.0 Å². The number of hydrogen-bond donors (Lipinski definition) is 2. The lowest BCUT2D eigenvalue weighted by Crippen LogP contribution is -2.31. The van der Waals surface area contributed by atoms with Crippen LogP contribution in [-0.4, -0.2) is 62.2 Å². The summed E-state index contributed by atoms with van der Waals surface area (Å²) >= 11 is 0. The van der Waals surface area contributed by atoms with Crippen molar-refractivity contribution in [2.75, 3.05) is 37.2 Å². The smallest absolute Gasteiger partial charge is 0.255 e. The van der Waals surface area contributed by atoms with Crippen molar-refractivity contribution in [3.63, 3.8) is 0 Å². The summed E-state index contributed by atoms with van der Waals surface area (Å²) in [7, 11) is 0. The summed E-state index contributed by atoms with van der Waals surface area (Å²) in [6.07, 6.45) is 12.7. The zero-order chi connectivity index (χ0) is 31.5. The molecule has 2 amide bonds. The number of nitrogens with one attached hydrogen (secondary N) is 1. The zero-order valence-corrected chi connectivity index (χ0v) is 26.5. The Hall–Kier alpha value is -4.50. The number of carbonyl (C=O) groups excluding carboxylic acids is 2. The molecule has 2 saturated heterocycles. The molecular formula is C36H43N7O2. The molecule has 234 valence electrons. The highest BCUT2D eigenvalue weighted by atomic mass is 16.2. The van der Waals surface area contributed by atoms with E-state index in [1.807, 2.05) is 51.9 Å². The van der Waals surface area contributed by atoms with E-state index < -0.39 is 0 Å². The maximum atomic E-state index is 13.4. The predicted octanol–water partition coefficient (Wildman–Crippen LogP) is 6.37. The first-order chi connectivity index (χ1) is 21.8. The number of benzene rings is 2. The van der Waals surface area contributed by atoms with Crippen LogP contribution in [0.1, 0.15) is 85.2 Å². The Morgan fingerprint density at radius 2 is 1.89 bits per heavy atom. The number of nitrogens with two attached hydrogens (primary N) is 1. The number of aromatic nitrogens is 3. The number of rotatable bonds is 8. The first-order valence-corrected chi connectivity index (χ1v) is 16.1. The van der Waals surface area contributed by atoms with E-state index in [0.717, 1.165) is 55.1 Å². The monoisotopic (exact) mass is 605 g/mol. The number of likely N-dealkylation sites (tertiary alicyclic amines) is 2. The van der Waals surface area contributed by atoms with Gasteiger partial charge in [0.05, 0.1) is 6.04 Å². The maximum Gasteiger partial charge on any atom is 0.255 e. The summed E-state index contributed by atoms with van der Waals surface area (Å²) < 4.78 is 1.96. The van der Waals surface area contributed by atoms with Gasteiger partial charge in [0.1, 0.15) is 22.9 Å². The van der Waals surface area contributed by atoms with Crippen molar-refractivity contribution in [2.24, 2.45) is 0 Å². The van der Waals surface area contributed by atoms with Crippen molar-refractivity contribution in [1.29, 1.82) is 0 Å². The van der Waals surface area contributed by atoms with E-state index in [1.54, 1.807) is 18.3 Å². The molecule has 4 aromatic rings. The van der Waals surface area contributed by atoms with Gasteiger partial charge >= 0.3 is 0 Å². The van der Waals surface area contributed by atoms with Gasteiger partial charge in [0.25, 0.3) is 5.91 Å². The Bertz CT molecular complexity index is 1730. The van der Waals surface area contributed by atoms with Gasteiger partial charge in [-0.15, -0.1) is 0 Å². The largest absolute Gasteiger partial charge is 0.382 e. The lowest BCUT2D eigenvalue weighted by molar-refractivity contribution is -0.127. The molecule has 1 atom stereocenters. The molecular weight excluding hydrogens is 562 g/mol. The van der Waals surface area contributed by atoms with E-state index in [1.165, 1.54) is 24.8 Å². The minimum atomic E-state index is -0.202. The number of aryl methyl sites for hydroxylation is 1. The number of nitrogen functional groups attached to an aromatic ring is 1. The number of anilines is 2. The molecule has 6 rings (SSSR count). The molecule has 0 saturated carbocycles. The second-order valence-electron chi connectivity index (χ2n) is 12.6. The maximum absolute atomic E-state index is 13.4. The third kappa shape index (κ3) is 6.49. The first-order valence-electron chi connectivity index (χ1n) is 16.1. The van der Waals surface area contributed by atoms with Crippen LogP contribution in [0, 0.1) is 6.92 Å². The second-order valence-corrected chi connectivity index (χ2v) is 12.6. The Labute approximate surface area is 265 Å². The molecule has 2 aliphatic heterocycles. The number of carbonyl (C=O) groups is 2. The Morgan fingerprint density at radius 1 is 1.07 bits per heavy atom. The minimum Gasteiger partial charge on any atom is -0.382 e. The summed E-state index contributed by atoms with van der Waals surface area (Å²) in [4.78, 5) is 40.5. The Balaban J connectivity index is 1.26. The Morgan fingerprint density at radius 3 is 2.67 bits per heavy atom. The molecule has 0 aliphatic carbocycles. The van der Waals surface area contributed by atoms with Crippen LogP contribution in [-0.2, 0) is 4.79 Å². The fraction of sp³-hybridized carbons (Fsp3) is 0.389. The van der Waals surface area contributed by atoms with Crippen molar-refractivity contribution in [2.45, 2.75) is 64.8 Å². The molecule has 2 aliphatic rings. The summed E-state index contributed by atoms with van der Waals surface area (Å²) in [5.74, 6) is 1.31. The summed E-state index contributed by atoms with van der Waals surface area (Å²) in [6.45, 7) is 10.1. The van der Waals surface area contributed by atoms with Crippen LogP contribution in [0.15, 0.2) is 67.0 Å². The molecule has 0 radical (unpaired) electrons. The SMILES string of the molecule is Cc1cc(NC(=O)c2cccc(-c3nc([C@@H]4CCCN4C(=O)/C=C/CN4CCCCC4)n4ccnc(N)c34)c2)ccc1C(C)C. The minimum absolute atomic E-state index is 0.00479. The average molecular weight is 606 g/mol. The van der Waals surface area contributed by atoms with Crippen molar-refractivity contribution >= 4 is 28.8 Å². The third-order valence-electron chi connectivity index (χ3n) is 9.06. The van der Waals surface area contributed by atoms with Crippen LogP contribution < -0.4 is 11.1 Å². The quantitative estimate of drug-likeness (QED) is 0.226. The van der Waals surface area contributed by atoms with Gasteiger partial charge in [-0.2, -0.15) is 0 Å². The topological polar surface area (TPSA) is 109 Å². The van der Waals surface area contributed by atoms with E-state index in [-0.39, 0.29) is 17.9 Å². The van der Waals surface area contributed by atoms with Crippen LogP contribution in [0.5, 0.6) is 0 Å². The van der Waals surface area contributed by atoms with Gasteiger partial charge in [-0.25, -0.2) is 9.97 Å². The zero-order valence-electron chi connectivity index (χ0n) is 26.5. The van der Waals surface area contributed by atoms with Gasteiger partial charge in [0.15, 0.2) is 0 Å². The van der Waals surface area contributed by atoms with Crippen molar-refractivity contribution in [3.05, 3.63) is 89.5 Å². The van der Waals surface area contributed by atoms with Gasteiger partial charge in [0.2, 0.25) is 5.91 Å². The normalized spacial score (nSPS) is 17.5. The number of fused-ring (bicyclic) bond motifs is 1. The molecule has 0 spiro atoms. The number of imidazole rings is 1. The van der Waals surface area contributed by atoms with Crippen LogP contribution >= 0.6 is 0 Å². The highest BCUT2D eigenvalue weighted by Gasteiger charge is 2.33. The van der Waals surface area contributed by atoms with Crippen LogP contribution in [0.25, 0.3) is 16.8 Å². The second kappa shape index (κ2) is 13.2. The standard InChI is InChI=1S/C36H43N7O2/c1-24(2)29-15-14-28(22-25(29)3)39-36(45)27-11-7-10-26(23-27)32-33-34(37)38-16-21-43(33)35(40-32)30-12-8-20-42(30)31(44)13-9-19-41-17-5-4-6-18-41/h7,9-11,13-16,21-24,30H,4-6,8,12,17-20H2,1-3H3,(H2,37,38)(H,39,45)/b13-9+/t30-/m0/s1. The average Bonchev–Trinajstić information content (AvgIpc) is 3.67. The summed E-state index contributed by atoms with van der Waals surface area (Å²) in [5.41, 5.74) is 12.2. The Kier molecular flexibility index (Phi) is 8.98. The van der Waals surface area contributed by atoms with Gasteiger partial charge < -0.3 is 16.0 Å². The fourth-order valence-corrected chi connectivity index (χ4v) is 6.77. The number of amides is 2. The first kappa shape index (κ1) is 30.5. The van der Waals surface area contributed by atoms with Crippen LogP contribution in [0.4, 0.5) is 11.5 Å². The fourth-order valence-electron chi connectivity index (χ4n) is 6.77. The van der Waals surface area contributed by atoms with Gasteiger partial charge in [0, 0.05) is 48.4 Å². The van der Waals surface area contributed by atoms with Crippen LogP contribution in [0.2, 0.25) is 0 Å². The highest BCUT2D eigenvalue weighted by molar-refractivity contribution is 6.05. The molecule has 3 N–H and O–H groups in total. The molecule has 0 bridgehead atoms. The molecule has 0 unspecified atom stereocenters. The van der Waals surface area contributed by atoms with Gasteiger partial charge in [-0.3, -0.25) is 18.9 Å². The summed E-state index contributed by atoms with van der Waals surface area (Å²) in [6, 6.07) is 13.3. The van der Waals surface area contributed by atoms with Crippen LogP contribution in [0.3, 0.4) is 0 Å². The van der Waals surface area contributed by atoms with Gasteiger partial charge in [-0.1, -0.05) is 44.5 Å². The molecule has 2 aromatic heterocycles. The lowest BCUT2D eigenvalue weighted by atomic mass is 9.97. The lowest BCUT2D eigenvalue weighted by Gasteiger charge is -2.25. The number of nitrogens with zero attached hydrogens (tertiary/aromatic N) is 5. The molecule has 2 aromatic carbocycles. The van der Waals surface area contributed by atoms with E-state index in [0.29, 0.717) is 35.1 Å². The van der Waals surface area contributed by atoms with E-state index in [9.17, 15) is 9.59 Å². The highest BCUT2D eigenvalue weighted by Crippen LogP contribution is 2.37. The van der Waals surface area contributed by atoms with Crippen molar-refractivity contribution in [1.82, 2.24) is 24.2 Å². The number of hydrogen-bond acceptors (Lipinski definition) is 6. The third-order valence-corrected chi connectivity index (χ3v) is 9.06. The van der Waals surface area contributed by atoms with E-state index in [2.05, 4.69) is 42.0 Å². The number of piperidine rings is 1. The molecule has 9 heteroatoms. The van der Waals surface area contributed by atoms with Crippen molar-refractivity contribution in [3.8, 4) is 11.3 Å². The molecule has 4 heterocycles. The molecule has 2 fully saturated rings. The predicted molar refractivity (Wildman–Crippen MR) is 179 cm³/mol. The molecule has 9 nitrogen and oxygen atoms in total. The van der Waals surface area contributed by atoms with E-state index >= 15 is 0 Å². The summed E-state index contributed by atoms with van der Waals surface area (Å²) in [5, 5.41) is 3.04.